The van der Waals surface area contributed by atoms with Crippen LogP contribution < -0.4 is 0 Å². The molecule has 0 spiro atoms. The van der Waals surface area contributed by atoms with Gasteiger partial charge in [0, 0.05) is 23.4 Å². The van der Waals surface area contributed by atoms with Crippen molar-refractivity contribution in [1.29, 1.82) is 0 Å². The number of thiophene rings is 1. The summed E-state index contributed by atoms with van der Waals surface area (Å²) in [5.74, 6) is -0.715. The molecule has 0 atom stereocenters. The molecule has 1 amide bonds. The highest BCUT2D eigenvalue weighted by Gasteiger charge is 2.27. The van der Waals surface area contributed by atoms with Crippen LogP contribution in [0.15, 0.2) is 17.4 Å². The van der Waals surface area contributed by atoms with Gasteiger partial charge in [-0.2, -0.15) is 0 Å². The molecule has 1 fully saturated rings. The summed E-state index contributed by atoms with van der Waals surface area (Å²) in [6, 6.07) is 2.10. The average molecular weight is 365 g/mol. The highest BCUT2D eigenvalue weighted by Crippen LogP contribution is 2.31. The number of rotatable bonds is 5. The normalized spacial score (nSPS) is 15.8. The number of fused-ring (bicyclic) bond motifs is 1. The molecular formula is C16H19N3O3S2. The Morgan fingerprint density at radius 1 is 1.38 bits per heavy atom. The molecule has 1 N–H and O–H groups in total. The van der Waals surface area contributed by atoms with E-state index in [-0.39, 0.29) is 11.8 Å². The second-order valence-electron chi connectivity index (χ2n) is 5.75. The van der Waals surface area contributed by atoms with Crippen LogP contribution in [0.2, 0.25) is 0 Å². The van der Waals surface area contributed by atoms with Crippen LogP contribution in [-0.4, -0.2) is 50.7 Å². The molecule has 6 nitrogen and oxygen atoms in total. The number of aliphatic carboxylic acids is 1. The van der Waals surface area contributed by atoms with E-state index in [2.05, 4.69) is 23.0 Å². The van der Waals surface area contributed by atoms with E-state index in [4.69, 9.17) is 5.11 Å². The van der Waals surface area contributed by atoms with Gasteiger partial charge in [-0.3, -0.25) is 9.59 Å². The van der Waals surface area contributed by atoms with Crippen molar-refractivity contribution in [2.75, 3.05) is 18.8 Å². The minimum atomic E-state index is -0.760. The standard InChI is InChI=1S/C16H19N3O3S2/c1-2-11-7-12-14(17-9-18-15(12)24-11)23-8-13(20)19-5-3-10(4-6-19)16(21)22/h7,9-10H,2-6,8H2,1H3,(H,21,22). The minimum absolute atomic E-state index is 0.0431. The molecule has 1 aliphatic heterocycles. The molecule has 0 bridgehead atoms. The maximum absolute atomic E-state index is 12.4. The van der Waals surface area contributed by atoms with Crippen LogP contribution >= 0.6 is 23.1 Å². The molecular weight excluding hydrogens is 346 g/mol. The summed E-state index contributed by atoms with van der Waals surface area (Å²) in [5.41, 5.74) is 0. The van der Waals surface area contributed by atoms with Crippen molar-refractivity contribution in [2.45, 2.75) is 31.2 Å². The summed E-state index contributed by atoms with van der Waals surface area (Å²) in [6.45, 7) is 3.15. The molecule has 3 heterocycles. The second kappa shape index (κ2) is 7.48. The molecule has 2 aromatic rings. The van der Waals surface area contributed by atoms with Crippen LogP contribution in [0, 0.1) is 5.92 Å². The Balaban J connectivity index is 1.61. The van der Waals surface area contributed by atoms with Gasteiger partial charge in [0.2, 0.25) is 5.91 Å². The summed E-state index contributed by atoms with van der Waals surface area (Å²) < 4.78 is 0. The monoisotopic (exact) mass is 365 g/mol. The van der Waals surface area contributed by atoms with E-state index in [9.17, 15) is 9.59 Å². The number of piperidine rings is 1. The Labute approximate surface area is 148 Å². The number of aromatic nitrogens is 2. The zero-order valence-electron chi connectivity index (χ0n) is 13.4. The molecule has 1 saturated heterocycles. The number of carboxylic acids is 1. The highest BCUT2D eigenvalue weighted by atomic mass is 32.2. The number of thioether (sulfide) groups is 1. The first kappa shape index (κ1) is 17.2. The van der Waals surface area contributed by atoms with Gasteiger partial charge < -0.3 is 10.0 Å². The fourth-order valence-electron chi connectivity index (χ4n) is 2.77. The van der Waals surface area contributed by atoms with Crippen molar-refractivity contribution >= 4 is 45.2 Å². The third-order valence-corrected chi connectivity index (χ3v) is 6.40. The number of aryl methyl sites for hydroxylation is 1. The van der Waals surface area contributed by atoms with Crippen molar-refractivity contribution < 1.29 is 14.7 Å². The van der Waals surface area contributed by atoms with E-state index in [1.54, 1.807) is 22.6 Å². The van der Waals surface area contributed by atoms with E-state index in [0.29, 0.717) is 31.7 Å². The van der Waals surface area contributed by atoms with Crippen molar-refractivity contribution in [1.82, 2.24) is 14.9 Å². The Morgan fingerprint density at radius 3 is 2.79 bits per heavy atom. The maximum atomic E-state index is 12.4. The van der Waals surface area contributed by atoms with Crippen molar-refractivity contribution in [3.63, 3.8) is 0 Å². The molecule has 0 unspecified atom stereocenters. The molecule has 0 saturated carbocycles. The minimum Gasteiger partial charge on any atom is -0.481 e. The number of hydrogen-bond acceptors (Lipinski definition) is 6. The number of nitrogens with zero attached hydrogens (tertiary/aromatic N) is 3. The number of likely N-dealkylation sites (tertiary alicyclic amines) is 1. The maximum Gasteiger partial charge on any atom is 0.306 e. The summed E-state index contributed by atoms with van der Waals surface area (Å²) >= 11 is 3.09. The van der Waals surface area contributed by atoms with Crippen LogP contribution in [0.1, 0.15) is 24.6 Å². The molecule has 0 aliphatic carbocycles. The van der Waals surface area contributed by atoms with Crippen LogP contribution in [0.3, 0.4) is 0 Å². The summed E-state index contributed by atoms with van der Waals surface area (Å²) in [6.07, 6.45) is 3.58. The lowest BCUT2D eigenvalue weighted by molar-refractivity contribution is -0.145. The van der Waals surface area contributed by atoms with Crippen LogP contribution in [0.5, 0.6) is 0 Å². The smallest absolute Gasteiger partial charge is 0.306 e. The third-order valence-electron chi connectivity index (χ3n) is 4.22. The van der Waals surface area contributed by atoms with Gasteiger partial charge in [0.15, 0.2) is 0 Å². The first-order valence-corrected chi connectivity index (χ1v) is 9.75. The quantitative estimate of drug-likeness (QED) is 0.648. The average Bonchev–Trinajstić information content (AvgIpc) is 3.03. The first-order valence-electron chi connectivity index (χ1n) is 7.95. The number of hydrogen-bond donors (Lipinski definition) is 1. The summed E-state index contributed by atoms with van der Waals surface area (Å²) in [4.78, 5) is 35.9. The van der Waals surface area contributed by atoms with Crippen LogP contribution in [0.4, 0.5) is 0 Å². The molecule has 8 heteroatoms. The number of carbonyl (C=O) groups is 2. The van der Waals surface area contributed by atoms with Gasteiger partial charge in [0.25, 0.3) is 0 Å². The van der Waals surface area contributed by atoms with Gasteiger partial charge >= 0.3 is 5.97 Å². The number of carboxylic acid groups (broad SMARTS) is 1. The lowest BCUT2D eigenvalue weighted by atomic mass is 9.97. The van der Waals surface area contributed by atoms with Gasteiger partial charge in [0.1, 0.15) is 16.2 Å². The SMILES string of the molecule is CCc1cc2c(SCC(=O)N3CCC(C(=O)O)CC3)ncnc2s1. The second-order valence-corrected chi connectivity index (χ2v) is 7.83. The van der Waals surface area contributed by atoms with Gasteiger partial charge in [-0.15, -0.1) is 11.3 Å². The van der Waals surface area contributed by atoms with Crippen molar-refractivity contribution in [3.05, 3.63) is 17.3 Å². The Morgan fingerprint density at radius 2 is 2.12 bits per heavy atom. The summed E-state index contributed by atoms with van der Waals surface area (Å²) in [7, 11) is 0. The van der Waals surface area contributed by atoms with Crippen LogP contribution in [-0.2, 0) is 16.0 Å². The van der Waals surface area contributed by atoms with E-state index < -0.39 is 5.97 Å². The summed E-state index contributed by atoms with van der Waals surface area (Å²) in [5, 5.41) is 10.9. The van der Waals surface area contributed by atoms with Gasteiger partial charge in [-0.05, 0) is 25.3 Å². The number of amides is 1. The molecule has 1 aliphatic rings. The van der Waals surface area contributed by atoms with Gasteiger partial charge in [-0.25, -0.2) is 9.97 Å². The molecule has 2 aromatic heterocycles. The van der Waals surface area contributed by atoms with Crippen molar-refractivity contribution in [2.24, 2.45) is 5.92 Å². The molecule has 0 aromatic carbocycles. The van der Waals surface area contributed by atoms with E-state index in [0.717, 1.165) is 21.7 Å². The fraction of sp³-hybridized carbons (Fsp3) is 0.500. The predicted octanol–water partition coefficient (Wildman–Crippen LogP) is 2.67. The topological polar surface area (TPSA) is 83.4 Å². The zero-order valence-corrected chi connectivity index (χ0v) is 15.0. The zero-order chi connectivity index (χ0) is 17.1. The molecule has 24 heavy (non-hydrogen) atoms. The Bertz CT molecular complexity index is 754. The fourth-order valence-corrected chi connectivity index (χ4v) is 4.65. The van der Waals surface area contributed by atoms with E-state index >= 15 is 0 Å². The number of carbonyl (C=O) groups excluding carboxylic acids is 1. The van der Waals surface area contributed by atoms with Gasteiger partial charge in [0.05, 0.1) is 11.7 Å². The lowest BCUT2D eigenvalue weighted by Crippen LogP contribution is -2.41. The third kappa shape index (κ3) is 3.70. The largest absolute Gasteiger partial charge is 0.481 e. The van der Waals surface area contributed by atoms with E-state index in [1.807, 2.05) is 0 Å². The lowest BCUT2D eigenvalue weighted by Gasteiger charge is -2.30. The van der Waals surface area contributed by atoms with E-state index in [1.165, 1.54) is 16.6 Å². The highest BCUT2D eigenvalue weighted by molar-refractivity contribution is 8.00. The molecule has 0 radical (unpaired) electrons. The predicted molar refractivity (Wildman–Crippen MR) is 94.5 cm³/mol. The Kier molecular flexibility index (Phi) is 5.35. The van der Waals surface area contributed by atoms with Crippen LogP contribution in [0.25, 0.3) is 10.2 Å². The molecule has 3 rings (SSSR count). The Hall–Kier alpha value is -1.67. The molecule has 128 valence electrons. The van der Waals surface area contributed by atoms with Crippen molar-refractivity contribution in [3.8, 4) is 0 Å². The first-order chi connectivity index (χ1) is 11.6. The van der Waals surface area contributed by atoms with Gasteiger partial charge in [-0.1, -0.05) is 18.7 Å².